The summed E-state index contributed by atoms with van der Waals surface area (Å²) in [5.41, 5.74) is 1.64. The van der Waals surface area contributed by atoms with Crippen LogP contribution in [0.15, 0.2) is 63.2 Å². The standard InChI is InChI=1S/C20H14BrFN2O2S/c1-11(26-16-8-7-13(22)9-15(16)21)18-23-19(25)17-14(10-27-20(17)24-18)12-5-3-2-4-6-12/h2-11H,1H3,(H,23,24,25)/t11-/m1/s1. The molecule has 2 heterocycles. The first-order chi connectivity index (χ1) is 13.0. The van der Waals surface area contributed by atoms with Crippen molar-refractivity contribution in [2.24, 2.45) is 0 Å². The Kier molecular flexibility index (Phi) is 4.80. The quantitative estimate of drug-likeness (QED) is 0.439. The molecule has 0 spiro atoms. The molecule has 7 heteroatoms. The third-order valence-corrected chi connectivity index (χ3v) is 5.62. The zero-order chi connectivity index (χ0) is 19.0. The number of thiophene rings is 1. The molecule has 0 saturated carbocycles. The number of ether oxygens (including phenoxy) is 1. The molecule has 4 rings (SSSR count). The van der Waals surface area contributed by atoms with Gasteiger partial charge >= 0.3 is 0 Å². The normalized spacial score (nSPS) is 12.3. The molecular weight excluding hydrogens is 431 g/mol. The van der Waals surface area contributed by atoms with E-state index in [0.29, 0.717) is 26.3 Å². The number of fused-ring (bicyclic) bond motifs is 1. The van der Waals surface area contributed by atoms with Crippen LogP contribution in [-0.4, -0.2) is 9.97 Å². The summed E-state index contributed by atoms with van der Waals surface area (Å²) in [6, 6.07) is 13.9. The van der Waals surface area contributed by atoms with Crippen LogP contribution < -0.4 is 10.3 Å². The number of benzene rings is 2. The van der Waals surface area contributed by atoms with Crippen LogP contribution >= 0.6 is 27.3 Å². The maximum atomic E-state index is 13.2. The first-order valence-electron chi connectivity index (χ1n) is 8.21. The van der Waals surface area contributed by atoms with E-state index in [-0.39, 0.29) is 11.4 Å². The summed E-state index contributed by atoms with van der Waals surface area (Å²) < 4.78 is 19.6. The van der Waals surface area contributed by atoms with Crippen LogP contribution in [0.4, 0.5) is 4.39 Å². The van der Waals surface area contributed by atoms with Gasteiger partial charge in [0, 0.05) is 10.9 Å². The van der Waals surface area contributed by atoms with Crippen LogP contribution in [0, 0.1) is 5.82 Å². The Bertz CT molecular complexity index is 1170. The minimum absolute atomic E-state index is 0.205. The van der Waals surface area contributed by atoms with E-state index in [1.54, 1.807) is 6.92 Å². The zero-order valence-electron chi connectivity index (χ0n) is 14.2. The number of hydrogen-bond acceptors (Lipinski definition) is 4. The number of nitrogens with zero attached hydrogens (tertiary/aromatic N) is 1. The molecule has 4 aromatic rings. The molecule has 0 aliphatic carbocycles. The molecule has 0 bridgehead atoms. The summed E-state index contributed by atoms with van der Waals surface area (Å²) in [6.07, 6.45) is -0.508. The van der Waals surface area contributed by atoms with E-state index < -0.39 is 6.10 Å². The average Bonchev–Trinajstić information content (AvgIpc) is 3.09. The van der Waals surface area contributed by atoms with Crippen molar-refractivity contribution in [2.45, 2.75) is 13.0 Å². The van der Waals surface area contributed by atoms with E-state index in [4.69, 9.17) is 4.74 Å². The van der Waals surface area contributed by atoms with Gasteiger partial charge in [-0.3, -0.25) is 4.79 Å². The predicted molar refractivity (Wildman–Crippen MR) is 109 cm³/mol. The Morgan fingerprint density at radius 1 is 1.22 bits per heavy atom. The lowest BCUT2D eigenvalue weighted by molar-refractivity contribution is 0.215. The van der Waals surface area contributed by atoms with E-state index in [9.17, 15) is 9.18 Å². The van der Waals surface area contributed by atoms with Gasteiger partial charge in [-0.2, -0.15) is 0 Å². The van der Waals surface area contributed by atoms with Crippen molar-refractivity contribution in [2.75, 3.05) is 0 Å². The summed E-state index contributed by atoms with van der Waals surface area (Å²) in [5, 5.41) is 2.51. The Balaban J connectivity index is 1.70. The Hall–Kier alpha value is -2.51. The van der Waals surface area contributed by atoms with Gasteiger partial charge in [0.05, 0.1) is 9.86 Å². The Morgan fingerprint density at radius 2 is 2.00 bits per heavy atom. The molecule has 4 nitrogen and oxygen atoms in total. The lowest BCUT2D eigenvalue weighted by Gasteiger charge is -2.15. The van der Waals surface area contributed by atoms with Crippen molar-refractivity contribution in [3.63, 3.8) is 0 Å². The fourth-order valence-electron chi connectivity index (χ4n) is 2.81. The summed E-state index contributed by atoms with van der Waals surface area (Å²) in [4.78, 5) is 20.8. The molecule has 1 atom stereocenters. The average molecular weight is 445 g/mol. The van der Waals surface area contributed by atoms with Crippen molar-refractivity contribution in [1.82, 2.24) is 9.97 Å². The molecule has 27 heavy (non-hydrogen) atoms. The number of halogens is 2. The van der Waals surface area contributed by atoms with Crippen molar-refractivity contribution < 1.29 is 9.13 Å². The van der Waals surface area contributed by atoms with Gasteiger partial charge in [-0.1, -0.05) is 30.3 Å². The number of aromatic nitrogens is 2. The van der Waals surface area contributed by atoms with Gasteiger partial charge in [0.25, 0.3) is 5.56 Å². The molecule has 0 amide bonds. The highest BCUT2D eigenvalue weighted by molar-refractivity contribution is 9.10. The lowest BCUT2D eigenvalue weighted by atomic mass is 10.1. The number of H-pyrrole nitrogens is 1. The van der Waals surface area contributed by atoms with Gasteiger partial charge in [0.15, 0.2) is 11.9 Å². The highest BCUT2D eigenvalue weighted by Gasteiger charge is 2.17. The van der Waals surface area contributed by atoms with Crippen molar-refractivity contribution in [3.05, 3.63) is 80.4 Å². The van der Waals surface area contributed by atoms with E-state index in [1.807, 2.05) is 35.7 Å². The minimum Gasteiger partial charge on any atom is -0.482 e. The van der Waals surface area contributed by atoms with E-state index in [2.05, 4.69) is 25.9 Å². The van der Waals surface area contributed by atoms with Crippen LogP contribution in [-0.2, 0) is 0 Å². The highest BCUT2D eigenvalue weighted by atomic mass is 79.9. The smallest absolute Gasteiger partial charge is 0.260 e. The molecule has 0 radical (unpaired) electrons. The molecule has 2 aromatic carbocycles. The van der Waals surface area contributed by atoms with Gasteiger partial charge in [-0.25, -0.2) is 9.37 Å². The predicted octanol–water partition coefficient (Wildman–Crippen LogP) is 5.69. The van der Waals surface area contributed by atoms with Crippen LogP contribution in [0.5, 0.6) is 5.75 Å². The largest absolute Gasteiger partial charge is 0.482 e. The molecule has 1 N–H and O–H groups in total. The van der Waals surface area contributed by atoms with Crippen molar-refractivity contribution in [3.8, 4) is 16.9 Å². The van der Waals surface area contributed by atoms with Gasteiger partial charge < -0.3 is 9.72 Å². The summed E-state index contributed by atoms with van der Waals surface area (Å²) in [6.45, 7) is 1.78. The fourth-order valence-corrected chi connectivity index (χ4v) is 4.20. The van der Waals surface area contributed by atoms with Gasteiger partial charge in [0.2, 0.25) is 0 Å². The molecule has 0 unspecified atom stereocenters. The first kappa shape index (κ1) is 17.9. The van der Waals surface area contributed by atoms with Crippen molar-refractivity contribution in [1.29, 1.82) is 0 Å². The molecule has 0 aliphatic rings. The molecule has 2 aromatic heterocycles. The van der Waals surface area contributed by atoms with Crippen molar-refractivity contribution >= 4 is 37.5 Å². The summed E-state index contributed by atoms with van der Waals surface area (Å²) in [5.74, 6) is 0.537. The third-order valence-electron chi connectivity index (χ3n) is 4.13. The highest BCUT2D eigenvalue weighted by Crippen LogP contribution is 2.32. The van der Waals surface area contributed by atoms with Gasteiger partial charge in [0.1, 0.15) is 16.4 Å². The van der Waals surface area contributed by atoms with Crippen LogP contribution in [0.1, 0.15) is 18.9 Å². The maximum absolute atomic E-state index is 13.2. The lowest BCUT2D eigenvalue weighted by Crippen LogP contribution is -2.16. The van der Waals surface area contributed by atoms with E-state index >= 15 is 0 Å². The first-order valence-corrected chi connectivity index (χ1v) is 9.89. The third kappa shape index (κ3) is 3.52. The molecule has 0 saturated heterocycles. The number of hydrogen-bond donors (Lipinski definition) is 1. The fraction of sp³-hybridized carbons (Fsp3) is 0.100. The summed E-state index contributed by atoms with van der Waals surface area (Å²) >= 11 is 4.70. The number of aromatic amines is 1. The Morgan fingerprint density at radius 3 is 2.74 bits per heavy atom. The number of nitrogens with one attached hydrogen (secondary N) is 1. The van der Waals surface area contributed by atoms with Gasteiger partial charge in [-0.15, -0.1) is 11.3 Å². The topological polar surface area (TPSA) is 55.0 Å². The Labute approximate surface area is 166 Å². The second kappa shape index (κ2) is 7.25. The van der Waals surface area contributed by atoms with E-state index in [0.717, 1.165) is 11.1 Å². The minimum atomic E-state index is -0.508. The molecular formula is C20H14BrFN2O2S. The van der Waals surface area contributed by atoms with E-state index in [1.165, 1.54) is 29.5 Å². The molecule has 0 aliphatic heterocycles. The summed E-state index contributed by atoms with van der Waals surface area (Å²) in [7, 11) is 0. The maximum Gasteiger partial charge on any atom is 0.260 e. The zero-order valence-corrected chi connectivity index (χ0v) is 16.6. The van der Waals surface area contributed by atoms with Crippen LogP contribution in [0.2, 0.25) is 0 Å². The van der Waals surface area contributed by atoms with Crippen LogP contribution in [0.25, 0.3) is 21.3 Å². The second-order valence-electron chi connectivity index (χ2n) is 5.98. The second-order valence-corrected chi connectivity index (χ2v) is 7.69. The molecule has 0 fully saturated rings. The monoisotopic (exact) mass is 444 g/mol. The van der Waals surface area contributed by atoms with Gasteiger partial charge in [-0.05, 0) is 46.6 Å². The number of rotatable bonds is 4. The van der Waals surface area contributed by atoms with Crippen LogP contribution in [0.3, 0.4) is 0 Å². The SMILES string of the molecule is C[C@@H](Oc1ccc(F)cc1Br)c1nc2scc(-c3ccccc3)c2c(=O)[nH]1. The molecule has 136 valence electrons.